The molecule has 0 aromatic heterocycles. The summed E-state index contributed by atoms with van der Waals surface area (Å²) in [6.07, 6.45) is 1.03. The van der Waals surface area contributed by atoms with Gasteiger partial charge in [0.15, 0.2) is 0 Å². The topological polar surface area (TPSA) is 43.7 Å². The Labute approximate surface area is 96.3 Å². The lowest BCUT2D eigenvalue weighted by molar-refractivity contribution is 0.145. The van der Waals surface area contributed by atoms with E-state index in [1.165, 1.54) is 0 Å². The van der Waals surface area contributed by atoms with Crippen LogP contribution in [0.4, 0.5) is 5.69 Å². The van der Waals surface area contributed by atoms with Gasteiger partial charge in [-0.2, -0.15) is 0 Å². The second-order valence-corrected chi connectivity index (χ2v) is 4.45. The van der Waals surface area contributed by atoms with E-state index in [0.29, 0.717) is 0 Å². The molecule has 1 fully saturated rings. The van der Waals surface area contributed by atoms with Crippen LogP contribution in [0.25, 0.3) is 0 Å². The van der Waals surface area contributed by atoms with Crippen LogP contribution >= 0.6 is 0 Å². The van der Waals surface area contributed by atoms with Gasteiger partial charge in [-0.1, -0.05) is 18.2 Å². The summed E-state index contributed by atoms with van der Waals surface area (Å²) in [5.74, 6) is 0. The zero-order valence-electron chi connectivity index (χ0n) is 9.63. The van der Waals surface area contributed by atoms with Crippen molar-refractivity contribution in [2.75, 3.05) is 18.0 Å². The lowest BCUT2D eigenvalue weighted by Gasteiger charge is -2.33. The summed E-state index contributed by atoms with van der Waals surface area (Å²) in [7, 11) is 0. The van der Waals surface area contributed by atoms with Gasteiger partial charge in [0.25, 0.3) is 0 Å². The van der Waals surface area contributed by atoms with Crippen molar-refractivity contribution in [3.8, 4) is 0 Å². The monoisotopic (exact) mass is 221 g/mol. The van der Waals surface area contributed by atoms with Crippen LogP contribution in [0.2, 0.25) is 0 Å². The van der Waals surface area contributed by atoms with Crippen molar-refractivity contribution in [2.45, 2.75) is 32.0 Å². The van der Waals surface area contributed by atoms with Crippen LogP contribution in [0.3, 0.4) is 0 Å². The molecule has 1 aliphatic rings. The maximum atomic E-state index is 9.71. The highest BCUT2D eigenvalue weighted by molar-refractivity contribution is 5.54. The van der Waals surface area contributed by atoms with Crippen molar-refractivity contribution < 1.29 is 10.2 Å². The summed E-state index contributed by atoms with van der Waals surface area (Å²) < 4.78 is 0. The first-order valence-corrected chi connectivity index (χ1v) is 5.88. The Hall–Kier alpha value is -1.06. The van der Waals surface area contributed by atoms with Crippen molar-refractivity contribution >= 4 is 5.69 Å². The van der Waals surface area contributed by atoms with E-state index in [1.54, 1.807) is 6.92 Å². The van der Waals surface area contributed by atoms with Crippen LogP contribution in [-0.2, 0) is 0 Å². The molecule has 16 heavy (non-hydrogen) atoms. The molecular formula is C13H19NO2. The first kappa shape index (κ1) is 11.4. The van der Waals surface area contributed by atoms with E-state index in [4.69, 9.17) is 0 Å². The van der Waals surface area contributed by atoms with E-state index in [2.05, 4.69) is 4.90 Å². The smallest absolute Gasteiger partial charge is 0.0781 e. The van der Waals surface area contributed by atoms with E-state index in [1.807, 2.05) is 24.3 Å². The number of piperidine rings is 1. The van der Waals surface area contributed by atoms with Crippen LogP contribution in [0, 0.1) is 0 Å². The van der Waals surface area contributed by atoms with Crippen LogP contribution in [-0.4, -0.2) is 29.4 Å². The summed E-state index contributed by atoms with van der Waals surface area (Å²) in [6.45, 7) is 3.52. The molecule has 1 aromatic rings. The lowest BCUT2D eigenvalue weighted by atomic mass is 10.0. The number of hydrogen-bond donors (Lipinski definition) is 2. The van der Waals surface area contributed by atoms with Gasteiger partial charge >= 0.3 is 0 Å². The summed E-state index contributed by atoms with van der Waals surface area (Å²) in [5, 5.41) is 19.2. The molecule has 0 spiro atoms. The van der Waals surface area contributed by atoms with Crippen molar-refractivity contribution in [1.82, 2.24) is 0 Å². The number of aliphatic hydroxyl groups excluding tert-OH is 2. The summed E-state index contributed by atoms with van der Waals surface area (Å²) in [5.41, 5.74) is 2.07. The number of benzene rings is 1. The number of para-hydroxylation sites is 1. The average molecular weight is 221 g/mol. The molecule has 1 aromatic carbocycles. The van der Waals surface area contributed by atoms with Crippen LogP contribution in [0.1, 0.15) is 31.4 Å². The molecule has 2 rings (SSSR count). The third-order valence-corrected chi connectivity index (χ3v) is 3.19. The van der Waals surface area contributed by atoms with Gasteiger partial charge in [-0.25, -0.2) is 0 Å². The molecule has 0 aliphatic carbocycles. The molecule has 1 aliphatic heterocycles. The molecule has 0 saturated carbocycles. The highest BCUT2D eigenvalue weighted by atomic mass is 16.3. The minimum absolute atomic E-state index is 0.157. The minimum atomic E-state index is -0.442. The number of rotatable bonds is 2. The Morgan fingerprint density at radius 2 is 1.88 bits per heavy atom. The molecular weight excluding hydrogens is 202 g/mol. The number of nitrogens with zero attached hydrogens (tertiary/aromatic N) is 1. The maximum Gasteiger partial charge on any atom is 0.0781 e. The van der Waals surface area contributed by atoms with Gasteiger partial charge in [0.1, 0.15) is 0 Å². The van der Waals surface area contributed by atoms with E-state index in [9.17, 15) is 10.2 Å². The molecule has 0 bridgehead atoms. The Morgan fingerprint density at radius 3 is 2.50 bits per heavy atom. The molecule has 0 unspecified atom stereocenters. The second-order valence-electron chi connectivity index (χ2n) is 4.45. The zero-order chi connectivity index (χ0) is 11.5. The predicted molar refractivity (Wildman–Crippen MR) is 64.5 cm³/mol. The lowest BCUT2D eigenvalue weighted by Crippen LogP contribution is -2.36. The van der Waals surface area contributed by atoms with Crippen molar-refractivity contribution in [1.29, 1.82) is 0 Å². The zero-order valence-corrected chi connectivity index (χ0v) is 9.63. The van der Waals surface area contributed by atoms with Crippen LogP contribution in [0.15, 0.2) is 24.3 Å². The highest BCUT2D eigenvalue weighted by Gasteiger charge is 2.20. The largest absolute Gasteiger partial charge is 0.393 e. The third kappa shape index (κ3) is 2.36. The van der Waals surface area contributed by atoms with Crippen LogP contribution in [0.5, 0.6) is 0 Å². The molecule has 3 nitrogen and oxygen atoms in total. The fourth-order valence-corrected chi connectivity index (χ4v) is 2.24. The van der Waals surface area contributed by atoms with Crippen molar-refractivity contribution in [2.24, 2.45) is 0 Å². The van der Waals surface area contributed by atoms with E-state index in [-0.39, 0.29) is 6.10 Å². The summed E-state index contributed by atoms with van der Waals surface area (Å²) >= 11 is 0. The van der Waals surface area contributed by atoms with Gasteiger partial charge in [-0.05, 0) is 25.8 Å². The normalized spacial score (nSPS) is 19.8. The predicted octanol–water partition coefficient (Wildman–Crippen LogP) is 1.70. The fraction of sp³-hybridized carbons (Fsp3) is 0.538. The molecule has 0 radical (unpaired) electrons. The summed E-state index contributed by atoms with van der Waals surface area (Å²) in [4.78, 5) is 2.24. The van der Waals surface area contributed by atoms with Gasteiger partial charge in [0, 0.05) is 24.3 Å². The van der Waals surface area contributed by atoms with E-state index in [0.717, 1.165) is 37.2 Å². The van der Waals surface area contributed by atoms with Gasteiger partial charge in [-0.3, -0.25) is 0 Å². The molecule has 88 valence electrons. The van der Waals surface area contributed by atoms with Gasteiger partial charge in [-0.15, -0.1) is 0 Å². The van der Waals surface area contributed by atoms with Gasteiger partial charge in [0.05, 0.1) is 12.2 Å². The molecule has 1 saturated heterocycles. The molecule has 0 amide bonds. The summed E-state index contributed by atoms with van der Waals surface area (Å²) in [6, 6.07) is 7.95. The van der Waals surface area contributed by atoms with Crippen LogP contribution < -0.4 is 4.90 Å². The second kappa shape index (κ2) is 4.85. The van der Waals surface area contributed by atoms with Gasteiger partial charge in [0.2, 0.25) is 0 Å². The number of aliphatic hydroxyl groups is 2. The highest BCUT2D eigenvalue weighted by Crippen LogP contribution is 2.28. The molecule has 2 N–H and O–H groups in total. The fourth-order valence-electron chi connectivity index (χ4n) is 2.24. The minimum Gasteiger partial charge on any atom is -0.393 e. The third-order valence-electron chi connectivity index (χ3n) is 3.19. The Morgan fingerprint density at radius 1 is 1.25 bits per heavy atom. The average Bonchev–Trinajstić information content (AvgIpc) is 2.30. The SMILES string of the molecule is C[C@@H](O)c1ccccc1N1CCC(O)CC1. The van der Waals surface area contributed by atoms with Gasteiger partial charge < -0.3 is 15.1 Å². The standard InChI is InChI=1S/C13H19NO2/c1-10(15)12-4-2-3-5-13(12)14-8-6-11(16)7-9-14/h2-5,10-11,15-16H,6-9H2,1H3/t10-/m1/s1. The van der Waals surface area contributed by atoms with Crippen molar-refractivity contribution in [3.63, 3.8) is 0 Å². The number of hydrogen-bond acceptors (Lipinski definition) is 3. The van der Waals surface area contributed by atoms with E-state index < -0.39 is 6.10 Å². The molecule has 1 heterocycles. The first-order chi connectivity index (χ1) is 7.68. The number of anilines is 1. The Bertz CT molecular complexity index is 344. The maximum absolute atomic E-state index is 9.71. The van der Waals surface area contributed by atoms with E-state index >= 15 is 0 Å². The quantitative estimate of drug-likeness (QED) is 0.799. The first-order valence-electron chi connectivity index (χ1n) is 5.88. The molecule has 1 atom stereocenters. The molecule has 3 heteroatoms. The Balaban J connectivity index is 2.19. The Kier molecular flexibility index (Phi) is 3.46. The van der Waals surface area contributed by atoms with Crippen molar-refractivity contribution in [3.05, 3.63) is 29.8 Å².